The number of benzene rings is 1. The van der Waals surface area contributed by atoms with Crippen LogP contribution in [-0.2, 0) is 9.53 Å². The fraction of sp³-hybridized carbons (Fsp3) is 0.579. The monoisotopic (exact) mass is 343 g/mol. The van der Waals surface area contributed by atoms with Crippen LogP contribution in [0.2, 0.25) is 0 Å². The van der Waals surface area contributed by atoms with E-state index in [1.54, 1.807) is 4.90 Å². The minimum absolute atomic E-state index is 0.0627. The molecule has 2 amide bonds. The molecule has 134 valence electrons. The molecule has 1 aromatic rings. The maximum Gasteiger partial charge on any atom is 0.251 e. The number of nitrogens with zero attached hydrogens (tertiary/aromatic N) is 2. The fourth-order valence-corrected chi connectivity index (χ4v) is 4.15. The molecule has 0 aliphatic carbocycles. The number of fused-ring (bicyclic) bond motifs is 1. The highest BCUT2D eigenvalue weighted by atomic mass is 16.5. The van der Waals surface area contributed by atoms with Gasteiger partial charge in [-0.15, -0.1) is 0 Å². The average molecular weight is 343 g/mol. The van der Waals surface area contributed by atoms with Gasteiger partial charge in [0.15, 0.2) is 0 Å². The maximum atomic E-state index is 12.7. The number of amides is 2. The van der Waals surface area contributed by atoms with Gasteiger partial charge in [0, 0.05) is 49.4 Å². The number of nitrogens with one attached hydrogen (secondary N) is 1. The van der Waals surface area contributed by atoms with Crippen molar-refractivity contribution >= 4 is 17.5 Å². The van der Waals surface area contributed by atoms with Gasteiger partial charge in [0.05, 0.1) is 12.7 Å². The number of anilines is 1. The first-order valence-corrected chi connectivity index (χ1v) is 9.17. The van der Waals surface area contributed by atoms with Crippen LogP contribution < -0.4 is 10.2 Å². The molecular weight excluding hydrogens is 318 g/mol. The molecule has 0 saturated carbocycles. The second-order valence-corrected chi connectivity index (χ2v) is 7.36. The Morgan fingerprint density at radius 1 is 1.32 bits per heavy atom. The second kappa shape index (κ2) is 6.77. The Bertz CT molecular complexity index is 678. The van der Waals surface area contributed by atoms with Crippen LogP contribution in [0.5, 0.6) is 0 Å². The Morgan fingerprint density at radius 3 is 3.00 bits per heavy atom. The Kier molecular flexibility index (Phi) is 4.48. The van der Waals surface area contributed by atoms with E-state index in [0.29, 0.717) is 18.0 Å². The van der Waals surface area contributed by atoms with Crippen molar-refractivity contribution in [2.24, 2.45) is 0 Å². The van der Waals surface area contributed by atoms with Gasteiger partial charge in [0.2, 0.25) is 5.91 Å². The molecule has 0 unspecified atom stereocenters. The number of ether oxygens (including phenoxy) is 1. The molecule has 25 heavy (non-hydrogen) atoms. The Labute approximate surface area is 148 Å². The summed E-state index contributed by atoms with van der Waals surface area (Å²) >= 11 is 0. The molecule has 1 aromatic carbocycles. The van der Waals surface area contributed by atoms with Crippen LogP contribution in [0.1, 0.15) is 36.5 Å². The zero-order chi connectivity index (χ0) is 17.4. The highest BCUT2D eigenvalue weighted by molar-refractivity contribution is 5.99. The third kappa shape index (κ3) is 3.41. The lowest BCUT2D eigenvalue weighted by Gasteiger charge is -2.33. The lowest BCUT2D eigenvalue weighted by Crippen LogP contribution is -2.45. The molecular formula is C19H25N3O3. The molecule has 0 radical (unpaired) electrons. The lowest BCUT2D eigenvalue weighted by atomic mass is 10.1. The molecule has 4 rings (SSSR count). The topological polar surface area (TPSA) is 61.9 Å². The predicted octanol–water partition coefficient (Wildman–Crippen LogP) is 1.40. The minimum Gasteiger partial charge on any atom is -0.376 e. The van der Waals surface area contributed by atoms with Crippen molar-refractivity contribution in [1.29, 1.82) is 0 Å². The summed E-state index contributed by atoms with van der Waals surface area (Å²) in [6, 6.07) is 7.95. The minimum atomic E-state index is -0.0627. The second-order valence-electron chi connectivity index (χ2n) is 7.36. The lowest BCUT2D eigenvalue weighted by molar-refractivity contribution is -0.117. The third-order valence-corrected chi connectivity index (χ3v) is 5.42. The number of morpholine rings is 1. The van der Waals surface area contributed by atoms with Crippen molar-refractivity contribution in [3.63, 3.8) is 0 Å². The zero-order valence-electron chi connectivity index (χ0n) is 14.6. The molecule has 6 nitrogen and oxygen atoms in total. The summed E-state index contributed by atoms with van der Waals surface area (Å²) in [5.74, 6) is 0.0756. The molecule has 3 saturated heterocycles. The Balaban J connectivity index is 1.41. The van der Waals surface area contributed by atoms with Crippen LogP contribution in [0.15, 0.2) is 24.3 Å². The molecule has 3 fully saturated rings. The van der Waals surface area contributed by atoms with E-state index in [0.717, 1.165) is 44.8 Å². The SMILES string of the molecule is C[C@H]1CN2C[C@H](NC(=O)c3cccc(N4CCCC4=O)c3)C[C@H]2CO1. The quantitative estimate of drug-likeness (QED) is 0.901. The summed E-state index contributed by atoms with van der Waals surface area (Å²) in [6.45, 7) is 5.40. The first-order valence-electron chi connectivity index (χ1n) is 9.17. The maximum absolute atomic E-state index is 12.7. The van der Waals surface area contributed by atoms with E-state index in [1.807, 2.05) is 24.3 Å². The van der Waals surface area contributed by atoms with Gasteiger partial charge in [-0.2, -0.15) is 0 Å². The Morgan fingerprint density at radius 2 is 2.20 bits per heavy atom. The van der Waals surface area contributed by atoms with E-state index in [2.05, 4.69) is 17.1 Å². The standard InChI is InChI=1S/C19H25N3O3/c1-13-10-21-11-15(9-17(21)12-25-13)20-19(24)14-4-2-5-16(8-14)22-7-3-6-18(22)23/h2,4-5,8,13,15,17H,3,6-7,9-12H2,1H3,(H,20,24)/t13-,15+,17-/m0/s1. The van der Waals surface area contributed by atoms with Crippen LogP contribution in [0.4, 0.5) is 5.69 Å². The summed E-state index contributed by atoms with van der Waals surface area (Å²) in [4.78, 5) is 28.8. The molecule has 6 heteroatoms. The normalized spacial score (nSPS) is 29.7. The van der Waals surface area contributed by atoms with Gasteiger partial charge in [0.1, 0.15) is 0 Å². The number of hydrogen-bond acceptors (Lipinski definition) is 4. The summed E-state index contributed by atoms with van der Waals surface area (Å²) in [5, 5.41) is 3.16. The third-order valence-electron chi connectivity index (χ3n) is 5.42. The number of carbonyl (C=O) groups is 2. The molecule has 0 spiro atoms. The molecule has 3 aliphatic rings. The van der Waals surface area contributed by atoms with Gasteiger partial charge in [0.25, 0.3) is 5.91 Å². The van der Waals surface area contributed by atoms with Crippen molar-refractivity contribution < 1.29 is 14.3 Å². The van der Waals surface area contributed by atoms with E-state index < -0.39 is 0 Å². The largest absolute Gasteiger partial charge is 0.376 e. The smallest absolute Gasteiger partial charge is 0.251 e. The van der Waals surface area contributed by atoms with Gasteiger partial charge in [-0.1, -0.05) is 6.07 Å². The summed E-state index contributed by atoms with van der Waals surface area (Å²) in [7, 11) is 0. The van der Waals surface area contributed by atoms with E-state index in [1.165, 1.54) is 0 Å². The molecule has 3 atom stereocenters. The van der Waals surface area contributed by atoms with Crippen molar-refractivity contribution in [2.75, 3.05) is 31.1 Å². The molecule has 0 aromatic heterocycles. The number of carbonyl (C=O) groups excluding carboxylic acids is 2. The van der Waals surface area contributed by atoms with Gasteiger partial charge >= 0.3 is 0 Å². The van der Waals surface area contributed by atoms with Gasteiger partial charge < -0.3 is 15.0 Å². The summed E-state index contributed by atoms with van der Waals surface area (Å²) < 4.78 is 5.72. The predicted molar refractivity (Wildman–Crippen MR) is 94.7 cm³/mol. The zero-order valence-corrected chi connectivity index (χ0v) is 14.6. The molecule has 3 aliphatic heterocycles. The van der Waals surface area contributed by atoms with Gasteiger partial charge in [-0.25, -0.2) is 0 Å². The highest BCUT2D eigenvalue weighted by Crippen LogP contribution is 2.25. The van der Waals surface area contributed by atoms with Crippen LogP contribution in [0, 0.1) is 0 Å². The van der Waals surface area contributed by atoms with Crippen LogP contribution >= 0.6 is 0 Å². The van der Waals surface area contributed by atoms with E-state index in [9.17, 15) is 9.59 Å². The van der Waals surface area contributed by atoms with Crippen LogP contribution in [0.3, 0.4) is 0 Å². The summed E-state index contributed by atoms with van der Waals surface area (Å²) in [6.07, 6.45) is 2.67. The summed E-state index contributed by atoms with van der Waals surface area (Å²) in [5.41, 5.74) is 1.44. The van der Waals surface area contributed by atoms with Gasteiger partial charge in [-0.3, -0.25) is 14.5 Å². The van der Waals surface area contributed by atoms with Crippen LogP contribution in [-0.4, -0.2) is 61.1 Å². The van der Waals surface area contributed by atoms with E-state index in [4.69, 9.17) is 4.74 Å². The number of rotatable bonds is 3. The first-order chi connectivity index (χ1) is 12.1. The fourth-order valence-electron chi connectivity index (χ4n) is 4.15. The molecule has 1 N–H and O–H groups in total. The number of hydrogen-bond donors (Lipinski definition) is 1. The average Bonchev–Trinajstić information content (AvgIpc) is 3.20. The Hall–Kier alpha value is -1.92. The van der Waals surface area contributed by atoms with Gasteiger partial charge in [-0.05, 0) is 38.0 Å². The highest BCUT2D eigenvalue weighted by Gasteiger charge is 2.36. The first kappa shape index (κ1) is 16.5. The van der Waals surface area contributed by atoms with E-state index >= 15 is 0 Å². The van der Waals surface area contributed by atoms with E-state index in [-0.39, 0.29) is 24.0 Å². The van der Waals surface area contributed by atoms with Crippen molar-refractivity contribution in [3.05, 3.63) is 29.8 Å². The molecule has 0 bridgehead atoms. The van der Waals surface area contributed by atoms with Crippen LogP contribution in [0.25, 0.3) is 0 Å². The van der Waals surface area contributed by atoms with Crippen molar-refractivity contribution in [1.82, 2.24) is 10.2 Å². The molecule has 3 heterocycles. The van der Waals surface area contributed by atoms with Crippen molar-refractivity contribution in [3.8, 4) is 0 Å². The van der Waals surface area contributed by atoms with Crippen molar-refractivity contribution in [2.45, 2.75) is 44.4 Å².